The molecule has 4 rings (SSSR count). The Morgan fingerprint density at radius 2 is 1.36 bits per heavy atom. The third-order valence-corrected chi connectivity index (χ3v) is 5.49. The molecule has 2 aliphatic rings. The van der Waals surface area contributed by atoms with Crippen LogP contribution in [-0.2, 0) is 24.2 Å². The SMILES string of the molecule is CC1=C(C)C[C-]=C1.Cl.Cl.[C-]1=CC=CC1.[Zr+2]=[C](c1ccccc1)c1ccccc1. The van der Waals surface area contributed by atoms with E-state index in [-0.39, 0.29) is 24.8 Å². The second kappa shape index (κ2) is 15.6. The van der Waals surface area contributed by atoms with Gasteiger partial charge in [0.2, 0.25) is 0 Å². The average Bonchev–Trinajstić information content (AvgIpc) is 3.39. The van der Waals surface area contributed by atoms with Crippen LogP contribution in [0.25, 0.3) is 0 Å². The zero-order valence-electron chi connectivity index (χ0n) is 16.3. The van der Waals surface area contributed by atoms with Crippen LogP contribution in [0.3, 0.4) is 0 Å². The van der Waals surface area contributed by atoms with Gasteiger partial charge in [-0.05, 0) is 0 Å². The van der Waals surface area contributed by atoms with Crippen molar-refractivity contribution in [2.24, 2.45) is 0 Å². The standard InChI is InChI=1S/C13H10.C7H9.C5H5.2ClH.Zr/c1-3-7-12(8-4-1)11-13-9-5-2-6-10-13;1-6-4-3-5-7(6)2;1-2-4-5-3-1;;;/h1-10H;4H,5H2,1-2H3;1-3H,4H2;2*1H;/q;2*-1;;;+2. The van der Waals surface area contributed by atoms with Crippen LogP contribution in [-0.4, -0.2) is 3.21 Å². The number of halogens is 2. The maximum atomic E-state index is 3.12. The molecule has 0 N–H and O–H groups in total. The molecule has 2 aromatic rings. The van der Waals surface area contributed by atoms with Gasteiger partial charge in [-0.25, -0.2) is 23.8 Å². The van der Waals surface area contributed by atoms with Gasteiger partial charge in [-0.2, -0.15) is 11.6 Å². The Balaban J connectivity index is 0.000000438. The Kier molecular flexibility index (Phi) is 14.9. The molecule has 0 spiro atoms. The molecule has 3 heteroatoms. The van der Waals surface area contributed by atoms with Crippen molar-refractivity contribution >= 4 is 28.0 Å². The van der Waals surface area contributed by atoms with Crippen LogP contribution in [0.2, 0.25) is 0 Å². The summed E-state index contributed by atoms with van der Waals surface area (Å²) < 4.78 is 1.42. The summed E-state index contributed by atoms with van der Waals surface area (Å²) in [6, 6.07) is 21.1. The van der Waals surface area contributed by atoms with E-state index in [1.54, 1.807) is 0 Å². The monoisotopic (exact) mass is 486 g/mol. The fourth-order valence-corrected chi connectivity index (χ4v) is 3.16. The van der Waals surface area contributed by atoms with Crippen molar-refractivity contribution in [3.63, 3.8) is 0 Å². The van der Waals surface area contributed by atoms with E-state index in [1.165, 1.54) is 49.7 Å². The zero-order valence-corrected chi connectivity index (χ0v) is 20.4. The Hall–Kier alpha value is -1.27. The summed E-state index contributed by atoms with van der Waals surface area (Å²) in [6.07, 6.45) is 16.2. The third kappa shape index (κ3) is 9.78. The van der Waals surface area contributed by atoms with Gasteiger partial charge in [-0.15, -0.1) is 44.6 Å². The van der Waals surface area contributed by atoms with E-state index in [9.17, 15) is 0 Å². The summed E-state index contributed by atoms with van der Waals surface area (Å²) >= 11 is 1.46. The van der Waals surface area contributed by atoms with Crippen molar-refractivity contribution in [1.82, 2.24) is 0 Å². The van der Waals surface area contributed by atoms with Crippen molar-refractivity contribution in [1.29, 1.82) is 0 Å². The Labute approximate surface area is 197 Å². The van der Waals surface area contributed by atoms with Crippen molar-refractivity contribution in [2.45, 2.75) is 26.7 Å². The van der Waals surface area contributed by atoms with Gasteiger partial charge in [0.25, 0.3) is 0 Å². The third-order valence-electron chi connectivity index (χ3n) is 4.07. The van der Waals surface area contributed by atoms with Crippen LogP contribution >= 0.6 is 24.8 Å². The molecule has 0 radical (unpaired) electrons. The van der Waals surface area contributed by atoms with E-state index in [0.29, 0.717) is 0 Å². The summed E-state index contributed by atoms with van der Waals surface area (Å²) in [6.45, 7) is 4.27. The molecule has 0 saturated carbocycles. The minimum atomic E-state index is 0. The molecule has 2 aliphatic carbocycles. The van der Waals surface area contributed by atoms with Crippen LogP contribution in [0.4, 0.5) is 0 Å². The fourth-order valence-electron chi connectivity index (χ4n) is 2.34. The second-order valence-corrected chi connectivity index (χ2v) is 7.33. The fraction of sp³-hybridized carbons (Fsp3) is 0.160. The van der Waals surface area contributed by atoms with E-state index in [4.69, 9.17) is 0 Å². The molecule has 2 aromatic carbocycles. The first-order valence-corrected chi connectivity index (χ1v) is 10.1. The molecule has 0 aromatic heterocycles. The van der Waals surface area contributed by atoms with Crippen molar-refractivity contribution < 1.29 is 24.2 Å². The van der Waals surface area contributed by atoms with Crippen molar-refractivity contribution in [2.75, 3.05) is 0 Å². The number of hydrogen-bond acceptors (Lipinski definition) is 0. The van der Waals surface area contributed by atoms with Gasteiger partial charge in [-0.3, -0.25) is 12.2 Å². The van der Waals surface area contributed by atoms with Crippen molar-refractivity contribution in [3.05, 3.63) is 119 Å². The van der Waals surface area contributed by atoms with Gasteiger partial charge < -0.3 is 0 Å². The summed E-state index contributed by atoms with van der Waals surface area (Å²) in [5, 5.41) is 0. The van der Waals surface area contributed by atoms with Gasteiger partial charge in [0.1, 0.15) is 0 Å². The molecule has 0 unspecified atom stereocenters. The normalized spacial score (nSPS) is 12.9. The zero-order chi connectivity index (χ0) is 18.6. The van der Waals surface area contributed by atoms with E-state index in [1.807, 2.05) is 12.2 Å². The summed E-state index contributed by atoms with van der Waals surface area (Å²) in [5.41, 5.74) is 5.51. The molecular weight excluding hydrogens is 462 g/mol. The Morgan fingerprint density at radius 1 is 0.821 bits per heavy atom. The first-order valence-electron chi connectivity index (χ1n) is 8.82. The number of benzene rings is 2. The molecular formula is C25H26Cl2Zr. The molecule has 0 bridgehead atoms. The van der Waals surface area contributed by atoms with Crippen LogP contribution in [0.15, 0.2) is 96.1 Å². The molecule has 0 fully saturated rings. The van der Waals surface area contributed by atoms with E-state index < -0.39 is 0 Å². The molecule has 144 valence electrons. The van der Waals surface area contributed by atoms with Crippen LogP contribution < -0.4 is 0 Å². The van der Waals surface area contributed by atoms with Crippen LogP contribution in [0.5, 0.6) is 0 Å². The van der Waals surface area contributed by atoms with Gasteiger partial charge in [-0.1, -0.05) is 6.92 Å². The first-order chi connectivity index (χ1) is 12.7. The van der Waals surface area contributed by atoms with Crippen LogP contribution in [0.1, 0.15) is 37.8 Å². The first kappa shape index (κ1) is 26.7. The molecule has 0 heterocycles. The minimum absolute atomic E-state index is 0. The molecule has 0 amide bonds. The van der Waals surface area contributed by atoms with Gasteiger partial charge in [0, 0.05) is 0 Å². The van der Waals surface area contributed by atoms with E-state index in [0.717, 1.165) is 12.8 Å². The van der Waals surface area contributed by atoms with Gasteiger partial charge in [0.15, 0.2) is 0 Å². The van der Waals surface area contributed by atoms with Crippen molar-refractivity contribution in [3.8, 4) is 0 Å². The summed E-state index contributed by atoms with van der Waals surface area (Å²) in [5.74, 6) is 0. The summed E-state index contributed by atoms with van der Waals surface area (Å²) in [4.78, 5) is 0. The molecule has 28 heavy (non-hydrogen) atoms. The predicted octanol–water partition coefficient (Wildman–Crippen LogP) is 7.04. The molecule has 0 nitrogen and oxygen atoms in total. The molecule has 0 aliphatic heterocycles. The quantitative estimate of drug-likeness (QED) is 0.398. The van der Waals surface area contributed by atoms with Crippen LogP contribution in [0, 0.1) is 12.2 Å². The predicted molar refractivity (Wildman–Crippen MR) is 123 cm³/mol. The topological polar surface area (TPSA) is 0 Å². The van der Waals surface area contributed by atoms with Gasteiger partial charge >= 0.3 is 99.2 Å². The molecule has 0 saturated heterocycles. The van der Waals surface area contributed by atoms with E-state index in [2.05, 4.69) is 98.8 Å². The number of allylic oxidation sites excluding steroid dienone is 8. The molecule has 0 atom stereocenters. The Morgan fingerprint density at radius 3 is 1.61 bits per heavy atom. The number of hydrogen-bond donors (Lipinski definition) is 0. The second-order valence-electron chi connectivity index (χ2n) is 6.10. The Bertz CT molecular complexity index is 765. The summed E-state index contributed by atoms with van der Waals surface area (Å²) in [7, 11) is 0. The maximum absolute atomic E-state index is 3.12. The van der Waals surface area contributed by atoms with E-state index >= 15 is 0 Å². The average molecular weight is 489 g/mol. The number of rotatable bonds is 2. The van der Waals surface area contributed by atoms with Gasteiger partial charge in [0.05, 0.1) is 0 Å².